The number of nitrogens with one attached hydrogen (secondary N) is 1. The molecule has 1 aromatic rings. The fourth-order valence-electron chi connectivity index (χ4n) is 3.18. The van der Waals surface area contributed by atoms with E-state index < -0.39 is 0 Å². The molecular formula is C18H25N3O. The number of urea groups is 1. The summed E-state index contributed by atoms with van der Waals surface area (Å²) in [4.78, 5) is 16.3. The van der Waals surface area contributed by atoms with Crippen LogP contribution in [-0.2, 0) is 6.54 Å². The van der Waals surface area contributed by atoms with Crippen LogP contribution in [0.15, 0.2) is 30.3 Å². The van der Waals surface area contributed by atoms with Crippen LogP contribution in [0.5, 0.6) is 0 Å². The van der Waals surface area contributed by atoms with Gasteiger partial charge in [0.2, 0.25) is 0 Å². The quantitative estimate of drug-likeness (QED) is 0.865. The lowest BCUT2D eigenvalue weighted by Gasteiger charge is -2.41. The molecule has 4 heteroatoms. The van der Waals surface area contributed by atoms with Gasteiger partial charge in [-0.05, 0) is 17.9 Å². The monoisotopic (exact) mass is 299 g/mol. The molecule has 0 radical (unpaired) electrons. The number of carbonyl (C=O) groups is 1. The number of hydrogen-bond acceptors (Lipinski definition) is 2. The van der Waals surface area contributed by atoms with Crippen molar-refractivity contribution in [2.24, 2.45) is 5.92 Å². The second-order valence-electron chi connectivity index (χ2n) is 6.03. The summed E-state index contributed by atoms with van der Waals surface area (Å²) in [6.07, 6.45) is 6.18. The molecule has 2 rings (SSSR count). The maximum atomic E-state index is 12.0. The Balaban J connectivity index is 1.87. The van der Waals surface area contributed by atoms with E-state index in [0.717, 1.165) is 26.1 Å². The molecule has 1 aromatic carbocycles. The molecule has 2 amide bonds. The van der Waals surface area contributed by atoms with Gasteiger partial charge in [-0.2, -0.15) is 0 Å². The molecule has 0 saturated carbocycles. The predicted molar refractivity (Wildman–Crippen MR) is 89.3 cm³/mol. The summed E-state index contributed by atoms with van der Waals surface area (Å²) in [5.41, 5.74) is 1.34. The minimum absolute atomic E-state index is 0.0775. The number of hydrogen-bond donors (Lipinski definition) is 1. The Morgan fingerprint density at radius 3 is 2.82 bits per heavy atom. The first-order chi connectivity index (χ1) is 10.6. The molecule has 1 aliphatic rings. The van der Waals surface area contributed by atoms with Gasteiger partial charge in [0.05, 0.1) is 6.54 Å². The van der Waals surface area contributed by atoms with E-state index >= 15 is 0 Å². The fraction of sp³-hybridized carbons (Fsp3) is 0.500. The standard InChI is InChI=1S/C18H25N3O/c1-4-11-19-18(22)20(3)17-10-12-21(13-15(17)2)14-16-8-6-5-7-9-16/h1,5-9,15,17H,10-14H2,2-3H3,(H,19,22)/t15-,17+/m0/s1. The predicted octanol–water partition coefficient (Wildman–Crippen LogP) is 2.17. The van der Waals surface area contributed by atoms with Gasteiger partial charge in [0, 0.05) is 32.7 Å². The highest BCUT2D eigenvalue weighted by Crippen LogP contribution is 2.22. The Hall–Kier alpha value is -1.99. The number of amides is 2. The molecule has 0 spiro atoms. The van der Waals surface area contributed by atoms with Crippen LogP contribution in [0.25, 0.3) is 0 Å². The van der Waals surface area contributed by atoms with Crippen molar-refractivity contribution in [3.8, 4) is 12.3 Å². The third-order valence-electron chi connectivity index (χ3n) is 4.35. The van der Waals surface area contributed by atoms with Gasteiger partial charge >= 0.3 is 6.03 Å². The van der Waals surface area contributed by atoms with Crippen LogP contribution >= 0.6 is 0 Å². The SMILES string of the molecule is C#CCNC(=O)N(C)[C@@H]1CCN(Cc2ccccc2)C[C@@H]1C. The Morgan fingerprint density at radius 1 is 1.45 bits per heavy atom. The Bertz CT molecular complexity index is 523. The second-order valence-corrected chi connectivity index (χ2v) is 6.03. The molecule has 2 atom stereocenters. The van der Waals surface area contributed by atoms with Crippen LogP contribution in [0.1, 0.15) is 18.9 Å². The van der Waals surface area contributed by atoms with Gasteiger partial charge in [-0.1, -0.05) is 43.2 Å². The number of nitrogens with zero attached hydrogens (tertiary/aromatic N) is 2. The Labute approximate surface area is 133 Å². The maximum absolute atomic E-state index is 12.0. The molecule has 0 aliphatic carbocycles. The van der Waals surface area contributed by atoms with E-state index in [2.05, 4.69) is 47.3 Å². The van der Waals surface area contributed by atoms with Crippen molar-refractivity contribution < 1.29 is 4.79 Å². The summed E-state index contributed by atoms with van der Waals surface area (Å²) in [6, 6.07) is 10.7. The highest BCUT2D eigenvalue weighted by molar-refractivity contribution is 5.74. The summed E-state index contributed by atoms with van der Waals surface area (Å²) in [5, 5.41) is 2.74. The molecule has 1 saturated heterocycles. The van der Waals surface area contributed by atoms with Crippen LogP contribution in [0, 0.1) is 18.3 Å². The first-order valence-electron chi connectivity index (χ1n) is 7.82. The number of carbonyl (C=O) groups excluding carboxylic acids is 1. The van der Waals surface area contributed by atoms with Crippen molar-refractivity contribution in [1.29, 1.82) is 0 Å². The van der Waals surface area contributed by atoms with Crippen molar-refractivity contribution in [3.05, 3.63) is 35.9 Å². The lowest BCUT2D eigenvalue weighted by atomic mass is 9.92. The van der Waals surface area contributed by atoms with Gasteiger partial charge in [-0.25, -0.2) is 4.79 Å². The molecule has 0 aromatic heterocycles. The second kappa shape index (κ2) is 7.86. The first-order valence-corrected chi connectivity index (χ1v) is 7.82. The zero-order valence-corrected chi connectivity index (χ0v) is 13.5. The highest BCUT2D eigenvalue weighted by atomic mass is 16.2. The lowest BCUT2D eigenvalue weighted by Crippen LogP contribution is -2.52. The van der Waals surface area contributed by atoms with Crippen molar-refractivity contribution in [2.45, 2.75) is 25.9 Å². The van der Waals surface area contributed by atoms with Gasteiger partial charge in [0.15, 0.2) is 0 Å². The molecular weight excluding hydrogens is 274 g/mol. The number of piperidine rings is 1. The van der Waals surface area contributed by atoms with Gasteiger partial charge in [-0.3, -0.25) is 4.90 Å². The van der Waals surface area contributed by atoms with E-state index in [1.54, 1.807) is 0 Å². The molecule has 118 valence electrons. The van der Waals surface area contributed by atoms with Crippen LogP contribution in [0.4, 0.5) is 4.79 Å². The fourth-order valence-corrected chi connectivity index (χ4v) is 3.18. The summed E-state index contributed by atoms with van der Waals surface area (Å²) < 4.78 is 0. The summed E-state index contributed by atoms with van der Waals surface area (Å²) in [5.74, 6) is 2.88. The minimum atomic E-state index is -0.0775. The number of likely N-dealkylation sites (tertiary alicyclic amines) is 1. The molecule has 0 bridgehead atoms. The van der Waals surface area contributed by atoms with Crippen molar-refractivity contribution in [1.82, 2.24) is 15.1 Å². The van der Waals surface area contributed by atoms with Crippen LogP contribution < -0.4 is 5.32 Å². The Kier molecular flexibility index (Phi) is 5.85. The van der Waals surface area contributed by atoms with Crippen LogP contribution in [0.2, 0.25) is 0 Å². The smallest absolute Gasteiger partial charge is 0.318 e. The lowest BCUT2D eigenvalue weighted by molar-refractivity contribution is 0.0895. The van der Waals surface area contributed by atoms with Crippen molar-refractivity contribution in [2.75, 3.05) is 26.7 Å². The van der Waals surface area contributed by atoms with Gasteiger partial charge in [0.1, 0.15) is 0 Å². The van der Waals surface area contributed by atoms with Crippen LogP contribution in [-0.4, -0.2) is 48.6 Å². The zero-order valence-electron chi connectivity index (χ0n) is 13.5. The summed E-state index contributed by atoms with van der Waals surface area (Å²) in [7, 11) is 1.86. The van der Waals surface area contributed by atoms with E-state index in [4.69, 9.17) is 6.42 Å². The maximum Gasteiger partial charge on any atom is 0.318 e. The number of benzene rings is 1. The highest BCUT2D eigenvalue weighted by Gasteiger charge is 2.30. The minimum Gasteiger partial charge on any atom is -0.327 e. The average molecular weight is 299 g/mol. The summed E-state index contributed by atoms with van der Waals surface area (Å²) >= 11 is 0. The molecule has 1 aliphatic heterocycles. The van der Waals surface area contributed by atoms with Crippen molar-refractivity contribution >= 4 is 6.03 Å². The normalized spacial score (nSPS) is 21.9. The number of terminal acetylenes is 1. The van der Waals surface area contributed by atoms with Gasteiger partial charge < -0.3 is 10.2 Å². The average Bonchev–Trinajstić information content (AvgIpc) is 2.53. The zero-order chi connectivity index (χ0) is 15.9. The molecule has 1 fully saturated rings. The molecule has 0 unspecified atom stereocenters. The third-order valence-corrected chi connectivity index (χ3v) is 4.35. The van der Waals surface area contributed by atoms with Gasteiger partial charge in [-0.15, -0.1) is 6.42 Å². The molecule has 22 heavy (non-hydrogen) atoms. The van der Waals surface area contributed by atoms with Crippen LogP contribution in [0.3, 0.4) is 0 Å². The van der Waals surface area contributed by atoms with E-state index in [1.165, 1.54) is 5.56 Å². The molecule has 1 N–H and O–H groups in total. The largest absolute Gasteiger partial charge is 0.327 e. The van der Waals surface area contributed by atoms with Crippen molar-refractivity contribution in [3.63, 3.8) is 0 Å². The first kappa shape index (κ1) is 16.4. The third kappa shape index (κ3) is 4.25. The van der Waals surface area contributed by atoms with E-state index in [0.29, 0.717) is 5.92 Å². The molecule has 4 nitrogen and oxygen atoms in total. The van der Waals surface area contributed by atoms with E-state index in [-0.39, 0.29) is 18.6 Å². The topological polar surface area (TPSA) is 35.6 Å². The Morgan fingerprint density at radius 2 is 2.18 bits per heavy atom. The van der Waals surface area contributed by atoms with E-state index in [9.17, 15) is 4.79 Å². The van der Waals surface area contributed by atoms with E-state index in [1.807, 2.05) is 18.0 Å². The summed E-state index contributed by atoms with van der Waals surface area (Å²) in [6.45, 7) is 5.49. The van der Waals surface area contributed by atoms with Gasteiger partial charge in [0.25, 0.3) is 0 Å². The number of rotatable bonds is 4. The molecule has 1 heterocycles.